The molecule has 1 saturated heterocycles. The second-order valence-electron chi connectivity index (χ2n) is 6.05. The summed E-state index contributed by atoms with van der Waals surface area (Å²) in [4.78, 5) is 29.3. The number of anilines is 1. The summed E-state index contributed by atoms with van der Waals surface area (Å²) in [5.74, 6) is -1.04. The van der Waals surface area contributed by atoms with E-state index in [1.54, 1.807) is 0 Å². The molecule has 2 aromatic heterocycles. The van der Waals surface area contributed by atoms with Gasteiger partial charge in [0.25, 0.3) is 5.91 Å². The van der Waals surface area contributed by atoms with E-state index in [1.807, 2.05) is 18.2 Å². The van der Waals surface area contributed by atoms with Crippen LogP contribution in [0.5, 0.6) is 0 Å². The van der Waals surface area contributed by atoms with E-state index in [9.17, 15) is 14.9 Å². The van der Waals surface area contributed by atoms with Crippen LogP contribution in [0.3, 0.4) is 0 Å². The van der Waals surface area contributed by atoms with Gasteiger partial charge < -0.3 is 9.15 Å². The van der Waals surface area contributed by atoms with Gasteiger partial charge in [0.2, 0.25) is 0 Å². The van der Waals surface area contributed by atoms with Gasteiger partial charge in [0.05, 0.1) is 28.9 Å². The van der Waals surface area contributed by atoms with Crippen molar-refractivity contribution >= 4 is 54.4 Å². The second kappa shape index (κ2) is 7.37. The Hall–Kier alpha value is -2.30. The number of hydrogen-bond acceptors (Lipinski definition) is 7. The number of carbonyl (C=O) groups is 1. The minimum atomic E-state index is -0.670. The number of aromatic nitrogens is 1. The Morgan fingerprint density at radius 2 is 2.26 bits per heavy atom. The lowest BCUT2D eigenvalue weighted by molar-refractivity contribution is -0.402. The van der Waals surface area contributed by atoms with Gasteiger partial charge in [0.15, 0.2) is 10.9 Å². The first-order valence-electron chi connectivity index (χ1n) is 8.25. The molecule has 1 aliphatic rings. The van der Waals surface area contributed by atoms with Crippen molar-refractivity contribution in [3.05, 3.63) is 50.7 Å². The molecular weight excluding hydrogens is 438 g/mol. The summed E-state index contributed by atoms with van der Waals surface area (Å²) in [6, 6.07) is 8.17. The van der Waals surface area contributed by atoms with Crippen molar-refractivity contribution in [3.63, 3.8) is 0 Å². The molecule has 1 atom stereocenters. The molecule has 1 amide bonds. The standard InChI is InChI=1S/C17H14BrN3O5S/c18-10-3-4-12-14(8-10)27-17(19-12)20(9-11-2-1-7-25-11)16(22)13-5-6-15(26-13)21(23)24/h3-6,8,11H,1-2,7,9H2. The highest BCUT2D eigenvalue weighted by Crippen LogP contribution is 2.33. The number of nitrogens with zero attached hydrogens (tertiary/aromatic N) is 3. The van der Waals surface area contributed by atoms with E-state index in [2.05, 4.69) is 20.9 Å². The molecule has 1 aliphatic heterocycles. The molecule has 3 heterocycles. The van der Waals surface area contributed by atoms with Gasteiger partial charge >= 0.3 is 5.88 Å². The van der Waals surface area contributed by atoms with Gasteiger partial charge in [-0.15, -0.1) is 0 Å². The third-order valence-corrected chi connectivity index (χ3v) is 5.74. The largest absolute Gasteiger partial charge is 0.433 e. The first-order chi connectivity index (χ1) is 13.0. The number of benzene rings is 1. The Morgan fingerprint density at radius 3 is 2.96 bits per heavy atom. The summed E-state index contributed by atoms with van der Waals surface area (Å²) in [7, 11) is 0. The Labute approximate surface area is 166 Å². The van der Waals surface area contributed by atoms with Crippen LogP contribution in [-0.2, 0) is 4.74 Å². The van der Waals surface area contributed by atoms with Crippen molar-refractivity contribution < 1.29 is 18.9 Å². The summed E-state index contributed by atoms with van der Waals surface area (Å²) in [5.41, 5.74) is 0.772. The molecule has 1 fully saturated rings. The number of halogens is 1. The molecule has 10 heteroatoms. The van der Waals surface area contributed by atoms with Gasteiger partial charge in [-0.05, 0) is 37.1 Å². The second-order valence-corrected chi connectivity index (χ2v) is 7.98. The topological polar surface area (TPSA) is 98.7 Å². The zero-order valence-electron chi connectivity index (χ0n) is 14.0. The first-order valence-corrected chi connectivity index (χ1v) is 9.86. The minimum Gasteiger partial charge on any atom is -0.395 e. The van der Waals surface area contributed by atoms with Crippen LogP contribution >= 0.6 is 27.3 Å². The predicted octanol–water partition coefficient (Wildman–Crippen LogP) is 4.39. The van der Waals surface area contributed by atoms with E-state index in [-0.39, 0.29) is 11.9 Å². The van der Waals surface area contributed by atoms with Gasteiger partial charge in [-0.3, -0.25) is 19.8 Å². The summed E-state index contributed by atoms with van der Waals surface area (Å²) < 4.78 is 12.6. The van der Waals surface area contributed by atoms with Crippen molar-refractivity contribution in [2.45, 2.75) is 18.9 Å². The summed E-state index contributed by atoms with van der Waals surface area (Å²) in [6.45, 7) is 0.972. The molecule has 0 spiro atoms. The van der Waals surface area contributed by atoms with Gasteiger partial charge in [0.1, 0.15) is 4.92 Å². The molecule has 8 nitrogen and oxygen atoms in total. The maximum absolute atomic E-state index is 13.0. The van der Waals surface area contributed by atoms with Gasteiger partial charge in [-0.1, -0.05) is 27.3 Å². The zero-order chi connectivity index (χ0) is 19.0. The van der Waals surface area contributed by atoms with Crippen LogP contribution in [0.25, 0.3) is 10.2 Å². The number of ether oxygens (including phenoxy) is 1. The van der Waals surface area contributed by atoms with E-state index in [1.165, 1.54) is 28.4 Å². The number of furan rings is 1. The normalized spacial score (nSPS) is 16.7. The molecule has 27 heavy (non-hydrogen) atoms. The number of fused-ring (bicyclic) bond motifs is 1. The number of carbonyl (C=O) groups excluding carboxylic acids is 1. The van der Waals surface area contributed by atoms with Crippen LogP contribution in [0.1, 0.15) is 23.4 Å². The number of amides is 1. The van der Waals surface area contributed by atoms with Crippen LogP contribution in [0.2, 0.25) is 0 Å². The Morgan fingerprint density at radius 1 is 1.41 bits per heavy atom. The van der Waals surface area contributed by atoms with Crippen LogP contribution < -0.4 is 4.90 Å². The van der Waals surface area contributed by atoms with Crippen LogP contribution in [0, 0.1) is 10.1 Å². The highest BCUT2D eigenvalue weighted by Gasteiger charge is 2.29. The van der Waals surface area contributed by atoms with Crippen molar-refractivity contribution in [2.75, 3.05) is 18.1 Å². The lowest BCUT2D eigenvalue weighted by atomic mass is 10.2. The molecule has 1 aromatic carbocycles. The lowest BCUT2D eigenvalue weighted by Gasteiger charge is -2.21. The number of hydrogen-bond donors (Lipinski definition) is 0. The third kappa shape index (κ3) is 3.73. The van der Waals surface area contributed by atoms with Gasteiger partial charge in [0, 0.05) is 11.1 Å². The quantitative estimate of drug-likeness (QED) is 0.421. The molecule has 140 valence electrons. The van der Waals surface area contributed by atoms with Crippen molar-refractivity contribution in [1.29, 1.82) is 0 Å². The maximum atomic E-state index is 13.0. The summed E-state index contributed by atoms with van der Waals surface area (Å²) in [6.07, 6.45) is 1.68. The number of thiazole rings is 1. The first kappa shape index (κ1) is 18.1. The van der Waals surface area contributed by atoms with E-state index >= 15 is 0 Å². The van der Waals surface area contributed by atoms with E-state index in [4.69, 9.17) is 9.15 Å². The Balaban J connectivity index is 1.70. The number of rotatable bonds is 5. The third-order valence-electron chi connectivity index (χ3n) is 4.21. The highest BCUT2D eigenvalue weighted by atomic mass is 79.9. The molecule has 0 radical (unpaired) electrons. The average Bonchev–Trinajstić information content (AvgIpc) is 3.37. The molecule has 0 aliphatic carbocycles. The maximum Gasteiger partial charge on any atom is 0.433 e. The van der Waals surface area contributed by atoms with E-state index in [0.29, 0.717) is 18.3 Å². The van der Waals surface area contributed by atoms with Crippen molar-refractivity contribution in [3.8, 4) is 0 Å². The minimum absolute atomic E-state index is 0.0971. The van der Waals surface area contributed by atoms with E-state index < -0.39 is 16.7 Å². The fourth-order valence-electron chi connectivity index (χ4n) is 2.92. The Kier molecular flexibility index (Phi) is 4.94. The summed E-state index contributed by atoms with van der Waals surface area (Å²) >= 11 is 4.80. The van der Waals surface area contributed by atoms with Crippen LogP contribution in [0.4, 0.5) is 11.0 Å². The lowest BCUT2D eigenvalue weighted by Crippen LogP contribution is -2.37. The fourth-order valence-corrected chi connectivity index (χ4v) is 4.44. The average molecular weight is 452 g/mol. The predicted molar refractivity (Wildman–Crippen MR) is 103 cm³/mol. The molecule has 0 saturated carbocycles. The zero-order valence-corrected chi connectivity index (χ0v) is 16.4. The smallest absolute Gasteiger partial charge is 0.395 e. The fraction of sp³-hybridized carbons (Fsp3) is 0.294. The van der Waals surface area contributed by atoms with Gasteiger partial charge in [-0.2, -0.15) is 0 Å². The molecular formula is C17H14BrN3O5S. The number of nitro groups is 1. The Bertz CT molecular complexity index is 1010. The van der Waals surface area contributed by atoms with Crippen LogP contribution in [0.15, 0.2) is 39.2 Å². The SMILES string of the molecule is O=C(c1ccc([N+](=O)[O-])o1)N(CC1CCCO1)c1nc2ccc(Br)cc2s1. The van der Waals surface area contributed by atoms with E-state index in [0.717, 1.165) is 27.5 Å². The van der Waals surface area contributed by atoms with Crippen LogP contribution in [-0.4, -0.2) is 35.1 Å². The summed E-state index contributed by atoms with van der Waals surface area (Å²) in [5, 5.41) is 11.4. The molecule has 4 rings (SSSR count). The molecule has 1 unspecified atom stereocenters. The monoisotopic (exact) mass is 451 g/mol. The molecule has 0 N–H and O–H groups in total. The van der Waals surface area contributed by atoms with Crippen molar-refractivity contribution in [2.24, 2.45) is 0 Å². The molecule has 0 bridgehead atoms. The highest BCUT2D eigenvalue weighted by molar-refractivity contribution is 9.10. The van der Waals surface area contributed by atoms with Gasteiger partial charge in [-0.25, -0.2) is 4.98 Å². The van der Waals surface area contributed by atoms with Crippen molar-refractivity contribution in [1.82, 2.24) is 4.98 Å². The molecule has 3 aromatic rings.